The van der Waals surface area contributed by atoms with E-state index in [1.165, 1.54) is 12.1 Å². The Balaban J connectivity index is 1.34. The van der Waals surface area contributed by atoms with Crippen LogP contribution in [0.3, 0.4) is 0 Å². The minimum Gasteiger partial charge on any atom is -0.488 e. The van der Waals surface area contributed by atoms with Crippen molar-refractivity contribution >= 4 is 15.9 Å². The molecule has 0 bridgehead atoms. The molecule has 0 saturated heterocycles. The highest BCUT2D eigenvalue weighted by molar-refractivity contribution is 7.89. The van der Waals surface area contributed by atoms with Gasteiger partial charge in [-0.15, -0.1) is 0 Å². The number of sulfonamides is 1. The lowest BCUT2D eigenvalue weighted by atomic mass is 10.1. The molecule has 1 unspecified atom stereocenters. The lowest BCUT2D eigenvalue weighted by Crippen LogP contribution is -2.34. The molecule has 0 spiro atoms. The van der Waals surface area contributed by atoms with Gasteiger partial charge in [0, 0.05) is 12.5 Å². The molecule has 4 rings (SSSR count). The number of ether oxygens (including phenoxy) is 1. The second-order valence-electron chi connectivity index (χ2n) is 6.28. The molecule has 7 nitrogen and oxygen atoms in total. The van der Waals surface area contributed by atoms with Gasteiger partial charge in [-0.25, -0.2) is 13.1 Å². The van der Waals surface area contributed by atoms with Crippen molar-refractivity contribution in [1.82, 2.24) is 10.0 Å². The lowest BCUT2D eigenvalue weighted by molar-refractivity contribution is 0.0900. The molecule has 1 amide bonds. The fraction of sp³-hybridized carbons (Fsp3) is 0.353. The van der Waals surface area contributed by atoms with Crippen LogP contribution in [0, 0.1) is 0 Å². The Morgan fingerprint density at radius 3 is 2.72 bits per heavy atom. The molecule has 1 aromatic heterocycles. The lowest BCUT2D eigenvalue weighted by Gasteiger charge is -2.11. The molecule has 1 atom stereocenters. The van der Waals surface area contributed by atoms with Crippen molar-refractivity contribution in [2.24, 2.45) is 0 Å². The number of benzene rings is 1. The summed E-state index contributed by atoms with van der Waals surface area (Å²) in [5.41, 5.74) is 1.11. The quantitative estimate of drug-likeness (QED) is 0.811. The summed E-state index contributed by atoms with van der Waals surface area (Å²) >= 11 is 0. The van der Waals surface area contributed by atoms with Crippen molar-refractivity contribution in [2.75, 3.05) is 6.54 Å². The summed E-state index contributed by atoms with van der Waals surface area (Å²) in [4.78, 5) is 12.2. The predicted octanol–water partition coefficient (Wildman–Crippen LogP) is 1.45. The largest absolute Gasteiger partial charge is 0.488 e. The minimum absolute atomic E-state index is 0.0199. The van der Waals surface area contributed by atoms with Crippen molar-refractivity contribution in [3.8, 4) is 5.75 Å². The summed E-state index contributed by atoms with van der Waals surface area (Å²) in [5.74, 6) is 0.332. The first-order valence-corrected chi connectivity index (χ1v) is 9.64. The van der Waals surface area contributed by atoms with Gasteiger partial charge in [-0.3, -0.25) is 4.79 Å². The third-order valence-electron chi connectivity index (χ3n) is 4.17. The SMILES string of the molecule is O=C(NCC1Cc2ccccc2O1)c1ccc(S(=O)(=O)NC2CC2)o1. The molecule has 2 heterocycles. The highest BCUT2D eigenvalue weighted by Crippen LogP contribution is 2.28. The third-order valence-corrected chi connectivity index (χ3v) is 5.57. The zero-order chi connectivity index (χ0) is 17.4. The number of amides is 1. The molecule has 2 aliphatic rings. The molecule has 25 heavy (non-hydrogen) atoms. The van der Waals surface area contributed by atoms with Crippen molar-refractivity contribution in [3.63, 3.8) is 0 Å². The number of hydrogen-bond acceptors (Lipinski definition) is 5. The van der Waals surface area contributed by atoms with Gasteiger partial charge in [-0.1, -0.05) is 18.2 Å². The summed E-state index contributed by atoms with van der Waals surface area (Å²) in [7, 11) is -3.70. The van der Waals surface area contributed by atoms with Gasteiger partial charge in [0.15, 0.2) is 5.76 Å². The van der Waals surface area contributed by atoms with Gasteiger partial charge in [-0.05, 0) is 36.6 Å². The number of carbonyl (C=O) groups excluding carboxylic acids is 1. The number of furan rings is 1. The molecular weight excluding hydrogens is 344 g/mol. The molecule has 1 fully saturated rings. The molecule has 8 heteroatoms. The fourth-order valence-electron chi connectivity index (χ4n) is 2.73. The maximum Gasteiger partial charge on any atom is 0.287 e. The van der Waals surface area contributed by atoms with E-state index >= 15 is 0 Å². The zero-order valence-electron chi connectivity index (χ0n) is 13.4. The fourth-order valence-corrected chi connectivity index (χ4v) is 3.96. The molecule has 0 radical (unpaired) electrons. The van der Waals surface area contributed by atoms with E-state index in [0.29, 0.717) is 6.54 Å². The summed E-state index contributed by atoms with van der Waals surface area (Å²) in [6.07, 6.45) is 2.24. The number of rotatable bonds is 6. The van der Waals surface area contributed by atoms with Crippen LogP contribution >= 0.6 is 0 Å². The summed E-state index contributed by atoms with van der Waals surface area (Å²) < 4.78 is 37.6. The number of fused-ring (bicyclic) bond motifs is 1. The topological polar surface area (TPSA) is 97.6 Å². The normalized spacial score (nSPS) is 19.3. The van der Waals surface area contributed by atoms with E-state index in [0.717, 1.165) is 30.6 Å². The first-order chi connectivity index (χ1) is 12.0. The van der Waals surface area contributed by atoms with Crippen molar-refractivity contribution in [2.45, 2.75) is 36.5 Å². The highest BCUT2D eigenvalue weighted by Gasteiger charge is 2.30. The van der Waals surface area contributed by atoms with E-state index in [4.69, 9.17) is 9.15 Å². The smallest absolute Gasteiger partial charge is 0.287 e. The van der Waals surface area contributed by atoms with Crippen LogP contribution in [0.2, 0.25) is 0 Å². The van der Waals surface area contributed by atoms with Gasteiger partial charge in [0.1, 0.15) is 11.9 Å². The van der Waals surface area contributed by atoms with Crippen molar-refractivity contribution in [3.05, 3.63) is 47.7 Å². The van der Waals surface area contributed by atoms with E-state index in [9.17, 15) is 13.2 Å². The highest BCUT2D eigenvalue weighted by atomic mass is 32.2. The van der Waals surface area contributed by atoms with Crippen molar-refractivity contribution in [1.29, 1.82) is 0 Å². The Kier molecular flexibility index (Phi) is 4.01. The minimum atomic E-state index is -3.70. The summed E-state index contributed by atoms with van der Waals surface area (Å²) in [6.45, 7) is 0.316. The Hall–Kier alpha value is -2.32. The molecule has 1 saturated carbocycles. The molecule has 1 aliphatic heterocycles. The number of carbonyl (C=O) groups is 1. The second-order valence-corrected chi connectivity index (χ2v) is 7.92. The van der Waals surface area contributed by atoms with E-state index in [-0.39, 0.29) is 23.0 Å². The maximum atomic E-state index is 12.2. The molecular formula is C17H18N2O5S. The van der Waals surface area contributed by atoms with E-state index < -0.39 is 15.9 Å². The van der Waals surface area contributed by atoms with Crippen LogP contribution in [-0.4, -0.2) is 33.0 Å². The first kappa shape index (κ1) is 16.2. The molecule has 132 valence electrons. The van der Waals surface area contributed by atoms with Crippen molar-refractivity contribution < 1.29 is 22.4 Å². The Labute approximate surface area is 145 Å². The van der Waals surface area contributed by atoms with Gasteiger partial charge in [0.05, 0.1) is 6.54 Å². The Bertz CT molecular complexity index is 876. The van der Waals surface area contributed by atoms with E-state index in [1.807, 2.05) is 24.3 Å². The van der Waals surface area contributed by atoms with Crippen LogP contribution in [0.15, 0.2) is 45.9 Å². The Morgan fingerprint density at radius 2 is 1.96 bits per heavy atom. The van der Waals surface area contributed by atoms with Crippen LogP contribution in [0.1, 0.15) is 29.0 Å². The molecule has 1 aromatic carbocycles. The predicted molar refractivity (Wildman–Crippen MR) is 88.9 cm³/mol. The second kappa shape index (κ2) is 6.20. The number of hydrogen-bond donors (Lipinski definition) is 2. The average Bonchev–Trinajstić information content (AvgIpc) is 3.12. The molecule has 1 aliphatic carbocycles. The van der Waals surface area contributed by atoms with Crippen LogP contribution in [-0.2, 0) is 16.4 Å². The van der Waals surface area contributed by atoms with Crippen LogP contribution in [0.4, 0.5) is 0 Å². The standard InChI is InChI=1S/C17H18N2O5S/c20-17(18-10-13-9-11-3-1-2-4-14(11)23-13)15-7-8-16(24-15)25(21,22)19-12-5-6-12/h1-4,7-8,12-13,19H,5-6,9-10H2,(H,18,20). The van der Waals surface area contributed by atoms with Crippen LogP contribution in [0.5, 0.6) is 5.75 Å². The van der Waals surface area contributed by atoms with Gasteiger partial charge in [0.2, 0.25) is 5.09 Å². The van der Waals surface area contributed by atoms with Crippen LogP contribution in [0.25, 0.3) is 0 Å². The first-order valence-electron chi connectivity index (χ1n) is 8.16. The summed E-state index contributed by atoms with van der Waals surface area (Å²) in [6, 6.07) is 10.4. The molecule has 2 N–H and O–H groups in total. The number of para-hydroxylation sites is 1. The molecule has 2 aromatic rings. The van der Waals surface area contributed by atoms with Crippen LogP contribution < -0.4 is 14.8 Å². The van der Waals surface area contributed by atoms with E-state index in [2.05, 4.69) is 10.0 Å². The van der Waals surface area contributed by atoms with E-state index in [1.54, 1.807) is 0 Å². The summed E-state index contributed by atoms with van der Waals surface area (Å²) in [5, 5.41) is 2.48. The average molecular weight is 362 g/mol. The van der Waals surface area contributed by atoms with Gasteiger partial charge in [-0.2, -0.15) is 0 Å². The van der Waals surface area contributed by atoms with Gasteiger partial charge >= 0.3 is 0 Å². The van der Waals surface area contributed by atoms with Gasteiger partial charge < -0.3 is 14.5 Å². The number of nitrogens with one attached hydrogen (secondary N) is 2. The van der Waals surface area contributed by atoms with Gasteiger partial charge in [0.25, 0.3) is 15.9 Å². The third kappa shape index (κ3) is 3.54. The Morgan fingerprint density at radius 1 is 1.16 bits per heavy atom. The monoisotopic (exact) mass is 362 g/mol. The zero-order valence-corrected chi connectivity index (χ0v) is 14.2. The maximum absolute atomic E-state index is 12.2.